The zero-order valence-corrected chi connectivity index (χ0v) is 14.8. The van der Waals surface area contributed by atoms with Crippen LogP contribution in [0.4, 0.5) is 13.2 Å². The molecular formula is C16H21F3N2O3S. The van der Waals surface area contributed by atoms with Gasteiger partial charge in [0.15, 0.2) is 0 Å². The van der Waals surface area contributed by atoms with Crippen LogP contribution in [-0.4, -0.2) is 44.5 Å². The van der Waals surface area contributed by atoms with Crippen molar-refractivity contribution in [2.75, 3.05) is 13.1 Å². The lowest BCUT2D eigenvalue weighted by Gasteiger charge is -2.33. The van der Waals surface area contributed by atoms with E-state index in [0.717, 1.165) is 4.90 Å². The lowest BCUT2D eigenvalue weighted by molar-refractivity contribution is -0.184. The molecule has 1 saturated heterocycles. The molecule has 5 nitrogen and oxygen atoms in total. The highest BCUT2D eigenvalue weighted by Crippen LogP contribution is 2.33. The van der Waals surface area contributed by atoms with Gasteiger partial charge in [-0.15, -0.1) is 0 Å². The molecule has 1 aliphatic heterocycles. The molecule has 9 heteroatoms. The number of sulfonamides is 1. The third kappa shape index (κ3) is 4.94. The van der Waals surface area contributed by atoms with E-state index in [1.54, 1.807) is 13.8 Å². The van der Waals surface area contributed by atoms with Gasteiger partial charge >= 0.3 is 6.18 Å². The van der Waals surface area contributed by atoms with Gasteiger partial charge < -0.3 is 4.90 Å². The lowest BCUT2D eigenvalue weighted by Crippen LogP contribution is -2.44. The fourth-order valence-corrected chi connectivity index (χ4v) is 4.08. The Bertz CT molecular complexity index is 732. The highest BCUT2D eigenvalue weighted by atomic mass is 32.2. The summed E-state index contributed by atoms with van der Waals surface area (Å²) in [6.45, 7) is 3.16. The van der Waals surface area contributed by atoms with Crippen molar-refractivity contribution in [2.45, 2.75) is 43.8 Å². The maximum atomic E-state index is 12.9. The van der Waals surface area contributed by atoms with Crippen LogP contribution >= 0.6 is 0 Å². The summed E-state index contributed by atoms with van der Waals surface area (Å²) in [5.41, 5.74) is 0.0643. The minimum absolute atomic E-state index is 0.00000731. The van der Waals surface area contributed by atoms with Crippen molar-refractivity contribution < 1.29 is 26.4 Å². The molecule has 1 N–H and O–H groups in total. The number of halogens is 3. The van der Waals surface area contributed by atoms with Crippen molar-refractivity contribution in [2.24, 2.45) is 5.92 Å². The third-order valence-electron chi connectivity index (χ3n) is 3.95. The number of hydrogen-bond acceptors (Lipinski definition) is 3. The molecule has 0 radical (unpaired) electrons. The highest BCUT2D eigenvalue weighted by molar-refractivity contribution is 7.89. The summed E-state index contributed by atoms with van der Waals surface area (Å²) in [4.78, 5) is 13.6. The van der Waals surface area contributed by atoms with Gasteiger partial charge in [0.05, 0.1) is 10.8 Å². The zero-order valence-electron chi connectivity index (χ0n) is 14.0. The van der Waals surface area contributed by atoms with Crippen LogP contribution in [0.15, 0.2) is 29.2 Å². The molecule has 1 heterocycles. The number of likely N-dealkylation sites (tertiary alicyclic amines) is 1. The third-order valence-corrected chi connectivity index (χ3v) is 5.61. The van der Waals surface area contributed by atoms with E-state index in [1.807, 2.05) is 0 Å². The van der Waals surface area contributed by atoms with Crippen molar-refractivity contribution in [3.05, 3.63) is 29.8 Å². The van der Waals surface area contributed by atoms with Crippen LogP contribution in [-0.2, 0) is 10.0 Å². The zero-order chi connectivity index (χ0) is 18.8. The van der Waals surface area contributed by atoms with Gasteiger partial charge in [-0.1, -0.05) is 6.07 Å². The van der Waals surface area contributed by atoms with Crippen LogP contribution in [0.5, 0.6) is 0 Å². The maximum Gasteiger partial charge on any atom is 0.393 e. The monoisotopic (exact) mass is 378 g/mol. The molecular weight excluding hydrogens is 357 g/mol. The molecule has 1 fully saturated rings. The second kappa shape index (κ2) is 7.33. The molecule has 25 heavy (non-hydrogen) atoms. The molecule has 1 aromatic rings. The van der Waals surface area contributed by atoms with Crippen molar-refractivity contribution in [3.63, 3.8) is 0 Å². The van der Waals surface area contributed by atoms with E-state index in [1.165, 1.54) is 24.3 Å². The van der Waals surface area contributed by atoms with Crippen LogP contribution in [0.3, 0.4) is 0 Å². The Labute approximate surface area is 145 Å². The van der Waals surface area contributed by atoms with Crippen LogP contribution in [0.2, 0.25) is 0 Å². The van der Waals surface area contributed by atoms with E-state index in [-0.39, 0.29) is 35.9 Å². The Kier molecular flexibility index (Phi) is 5.78. The number of alkyl halides is 3. The first-order chi connectivity index (χ1) is 11.5. The number of nitrogens with one attached hydrogen (secondary N) is 1. The van der Waals surface area contributed by atoms with E-state index in [9.17, 15) is 26.4 Å². The van der Waals surface area contributed by atoms with Crippen molar-refractivity contribution in [1.82, 2.24) is 9.62 Å². The number of nitrogens with zero attached hydrogens (tertiary/aromatic N) is 1. The number of piperidine rings is 1. The Morgan fingerprint density at radius 2 is 2.00 bits per heavy atom. The SMILES string of the molecule is CC(C)NS(=O)(=O)c1cccc(C(=O)N2CCCC(C(F)(F)F)C2)c1. The first-order valence-electron chi connectivity index (χ1n) is 7.99. The van der Waals surface area contributed by atoms with Crippen molar-refractivity contribution >= 4 is 15.9 Å². The predicted molar refractivity (Wildman–Crippen MR) is 86.6 cm³/mol. The fourth-order valence-electron chi connectivity index (χ4n) is 2.79. The van der Waals surface area contributed by atoms with E-state index in [4.69, 9.17) is 0 Å². The largest absolute Gasteiger partial charge is 0.393 e. The molecule has 140 valence electrons. The Hall–Kier alpha value is -1.61. The van der Waals surface area contributed by atoms with E-state index < -0.39 is 34.6 Å². The molecule has 0 aliphatic carbocycles. The Morgan fingerprint density at radius 1 is 1.32 bits per heavy atom. The summed E-state index contributed by atoms with van der Waals surface area (Å²) in [5.74, 6) is -2.13. The summed E-state index contributed by atoms with van der Waals surface area (Å²) in [6.07, 6.45) is -4.08. The van der Waals surface area contributed by atoms with Gasteiger partial charge in [-0.05, 0) is 44.9 Å². The van der Waals surface area contributed by atoms with Crippen LogP contribution in [0, 0.1) is 5.92 Å². The van der Waals surface area contributed by atoms with Gasteiger partial charge in [0.25, 0.3) is 5.91 Å². The first kappa shape index (κ1) is 19.7. The molecule has 0 aromatic heterocycles. The van der Waals surface area contributed by atoms with Gasteiger partial charge in [0, 0.05) is 24.7 Å². The number of benzene rings is 1. The molecule has 0 bridgehead atoms. The second-order valence-corrected chi connectivity index (χ2v) is 8.15. The van der Waals surface area contributed by atoms with E-state index in [0.29, 0.717) is 0 Å². The molecule has 1 aromatic carbocycles. The molecule has 1 amide bonds. The second-order valence-electron chi connectivity index (χ2n) is 6.44. The van der Waals surface area contributed by atoms with Gasteiger partial charge in [-0.2, -0.15) is 13.2 Å². The number of rotatable bonds is 4. The average Bonchev–Trinajstić information content (AvgIpc) is 2.52. The standard InChI is InChI=1S/C16H21F3N2O3S/c1-11(2)20-25(23,24)14-7-3-5-12(9-14)15(22)21-8-4-6-13(10-21)16(17,18)19/h3,5,7,9,11,13,20H,4,6,8,10H2,1-2H3. The number of amides is 1. The summed E-state index contributed by atoms with van der Waals surface area (Å²) in [5, 5.41) is 0. The molecule has 1 atom stereocenters. The summed E-state index contributed by atoms with van der Waals surface area (Å²) in [7, 11) is -3.78. The van der Waals surface area contributed by atoms with Gasteiger partial charge in [0.1, 0.15) is 0 Å². The Morgan fingerprint density at radius 3 is 2.60 bits per heavy atom. The fraction of sp³-hybridized carbons (Fsp3) is 0.562. The molecule has 1 aliphatic rings. The first-order valence-corrected chi connectivity index (χ1v) is 9.47. The molecule has 0 saturated carbocycles. The normalized spacial score (nSPS) is 19.3. The topological polar surface area (TPSA) is 66.5 Å². The minimum atomic E-state index is -4.34. The van der Waals surface area contributed by atoms with E-state index in [2.05, 4.69) is 4.72 Å². The number of hydrogen-bond donors (Lipinski definition) is 1. The summed E-state index contributed by atoms with van der Waals surface area (Å²) in [6, 6.07) is 5.04. The predicted octanol–water partition coefficient (Wildman–Crippen LogP) is 2.79. The quantitative estimate of drug-likeness (QED) is 0.876. The maximum absolute atomic E-state index is 12.9. The molecule has 0 spiro atoms. The van der Waals surface area contributed by atoms with Crippen molar-refractivity contribution in [1.29, 1.82) is 0 Å². The Balaban J connectivity index is 2.21. The van der Waals surface area contributed by atoms with Gasteiger partial charge in [-0.25, -0.2) is 13.1 Å². The van der Waals surface area contributed by atoms with E-state index >= 15 is 0 Å². The molecule has 1 unspecified atom stereocenters. The summed E-state index contributed by atoms with van der Waals surface area (Å²) < 4.78 is 65.5. The minimum Gasteiger partial charge on any atom is -0.338 e. The number of carbonyl (C=O) groups is 1. The van der Waals surface area contributed by atoms with Crippen LogP contribution < -0.4 is 4.72 Å². The van der Waals surface area contributed by atoms with Crippen LogP contribution in [0.1, 0.15) is 37.0 Å². The van der Waals surface area contributed by atoms with Crippen LogP contribution in [0.25, 0.3) is 0 Å². The molecule has 2 rings (SSSR count). The average molecular weight is 378 g/mol. The number of carbonyl (C=O) groups excluding carboxylic acids is 1. The van der Waals surface area contributed by atoms with Gasteiger partial charge in [-0.3, -0.25) is 4.79 Å². The smallest absolute Gasteiger partial charge is 0.338 e. The van der Waals surface area contributed by atoms with Crippen molar-refractivity contribution in [3.8, 4) is 0 Å². The summed E-state index contributed by atoms with van der Waals surface area (Å²) >= 11 is 0. The lowest BCUT2D eigenvalue weighted by atomic mass is 9.97. The highest BCUT2D eigenvalue weighted by Gasteiger charge is 2.42. The van der Waals surface area contributed by atoms with Gasteiger partial charge in [0.2, 0.25) is 10.0 Å².